The molecule has 4 heteroatoms. The first-order valence-electron chi connectivity index (χ1n) is 8.15. The van der Waals surface area contributed by atoms with Gasteiger partial charge in [0.2, 0.25) is 0 Å². The van der Waals surface area contributed by atoms with Crippen LogP contribution in [-0.4, -0.2) is 11.9 Å². The molecule has 0 N–H and O–H groups in total. The maximum Gasteiger partial charge on any atom is 0.176 e. The minimum absolute atomic E-state index is 0.0233. The number of nitrogens with zero attached hydrogens (tertiary/aromatic N) is 2. The molecule has 0 amide bonds. The summed E-state index contributed by atoms with van der Waals surface area (Å²) in [6.45, 7) is 4.14. The topological polar surface area (TPSA) is 73.9 Å². The summed E-state index contributed by atoms with van der Waals surface area (Å²) in [6.07, 6.45) is 2.03. The number of para-hydroxylation sites is 1. The van der Waals surface area contributed by atoms with Crippen LogP contribution in [0.4, 0.5) is 0 Å². The van der Waals surface area contributed by atoms with E-state index in [9.17, 15) is 4.79 Å². The van der Waals surface area contributed by atoms with Crippen LogP contribution in [0.2, 0.25) is 0 Å². The van der Waals surface area contributed by atoms with E-state index in [0.29, 0.717) is 24.2 Å². The van der Waals surface area contributed by atoms with Crippen molar-refractivity contribution in [3.05, 3.63) is 29.8 Å². The Morgan fingerprint density at radius 3 is 2.39 bits per heavy atom. The van der Waals surface area contributed by atoms with Crippen LogP contribution in [0.5, 0.6) is 5.75 Å². The Morgan fingerprint density at radius 1 is 1.22 bits per heavy atom. The lowest BCUT2D eigenvalue weighted by molar-refractivity contribution is -0.00739. The third kappa shape index (κ3) is 3.08. The van der Waals surface area contributed by atoms with Crippen molar-refractivity contribution < 1.29 is 9.53 Å². The Kier molecular flexibility index (Phi) is 5.40. The van der Waals surface area contributed by atoms with Crippen LogP contribution in [-0.2, 0) is 0 Å². The third-order valence-corrected chi connectivity index (χ3v) is 4.91. The van der Waals surface area contributed by atoms with Crippen molar-refractivity contribution in [1.82, 2.24) is 0 Å². The van der Waals surface area contributed by atoms with Gasteiger partial charge in [0.05, 0.1) is 23.1 Å². The average Bonchev–Trinajstić information content (AvgIpc) is 2.59. The van der Waals surface area contributed by atoms with Gasteiger partial charge < -0.3 is 4.74 Å². The molecule has 1 aliphatic heterocycles. The molecule has 1 heterocycles. The summed E-state index contributed by atoms with van der Waals surface area (Å²) in [5.74, 6) is 0.812. The zero-order valence-electron chi connectivity index (χ0n) is 13.7. The Labute approximate surface area is 137 Å². The second-order valence-corrected chi connectivity index (χ2v) is 6.22. The first kappa shape index (κ1) is 17.0. The predicted molar refractivity (Wildman–Crippen MR) is 86.8 cm³/mol. The summed E-state index contributed by atoms with van der Waals surface area (Å²) in [6, 6.07) is 11.6. The molecule has 0 bridgehead atoms. The van der Waals surface area contributed by atoms with E-state index < -0.39 is 5.41 Å². The first-order valence-corrected chi connectivity index (χ1v) is 8.15. The molecule has 0 fully saturated rings. The summed E-state index contributed by atoms with van der Waals surface area (Å²) in [4.78, 5) is 13.3. The molecule has 0 saturated heterocycles. The number of rotatable bonds is 6. The Morgan fingerprint density at radius 2 is 1.83 bits per heavy atom. The van der Waals surface area contributed by atoms with Crippen LogP contribution >= 0.6 is 0 Å². The summed E-state index contributed by atoms with van der Waals surface area (Å²) in [7, 11) is 0. The highest BCUT2D eigenvalue weighted by molar-refractivity contribution is 6.04. The number of carbonyl (C=O) groups is 1. The Bertz CT molecular complexity index is 636. The van der Waals surface area contributed by atoms with Crippen LogP contribution < -0.4 is 4.74 Å². The van der Waals surface area contributed by atoms with Gasteiger partial charge in [-0.05, 0) is 30.9 Å². The number of hydrogen-bond donors (Lipinski definition) is 0. The highest BCUT2D eigenvalue weighted by Gasteiger charge is 2.51. The van der Waals surface area contributed by atoms with Gasteiger partial charge in [0.15, 0.2) is 5.78 Å². The molecule has 2 rings (SSSR count). The van der Waals surface area contributed by atoms with E-state index in [1.54, 1.807) is 6.07 Å². The molecule has 1 aliphatic rings. The van der Waals surface area contributed by atoms with Gasteiger partial charge >= 0.3 is 0 Å². The van der Waals surface area contributed by atoms with Crippen molar-refractivity contribution in [2.24, 2.45) is 11.3 Å². The maximum absolute atomic E-state index is 13.3. The van der Waals surface area contributed by atoms with Crippen molar-refractivity contribution in [2.75, 3.05) is 0 Å². The smallest absolute Gasteiger partial charge is 0.176 e. The summed E-state index contributed by atoms with van der Waals surface area (Å²) in [5, 5.41) is 18.1. The summed E-state index contributed by atoms with van der Waals surface area (Å²) < 4.78 is 6.23. The molecular formula is C19H22N2O2. The van der Waals surface area contributed by atoms with Gasteiger partial charge in [-0.1, -0.05) is 32.4 Å². The first-order chi connectivity index (χ1) is 11.1. The second kappa shape index (κ2) is 7.29. The SMILES string of the molecule is CCC(C)C1Oc2ccccc2C(=O)C1(CCC#N)CCC#N. The lowest BCUT2D eigenvalue weighted by Crippen LogP contribution is -2.52. The van der Waals surface area contributed by atoms with Crippen molar-refractivity contribution >= 4 is 5.78 Å². The minimum atomic E-state index is -0.782. The Hall–Kier alpha value is -2.33. The van der Waals surface area contributed by atoms with E-state index in [4.69, 9.17) is 15.3 Å². The minimum Gasteiger partial charge on any atom is -0.488 e. The summed E-state index contributed by atoms with van der Waals surface area (Å²) >= 11 is 0. The molecule has 0 spiro atoms. The number of hydrogen-bond acceptors (Lipinski definition) is 4. The van der Waals surface area contributed by atoms with E-state index in [1.807, 2.05) is 18.2 Å². The lowest BCUT2D eigenvalue weighted by atomic mass is 9.64. The highest BCUT2D eigenvalue weighted by Crippen LogP contribution is 2.47. The molecule has 0 saturated carbocycles. The Balaban J connectivity index is 2.54. The van der Waals surface area contributed by atoms with E-state index in [2.05, 4.69) is 26.0 Å². The van der Waals surface area contributed by atoms with Gasteiger partial charge in [0, 0.05) is 12.8 Å². The number of ether oxygens (including phenoxy) is 1. The average molecular weight is 310 g/mol. The van der Waals surface area contributed by atoms with Gasteiger partial charge in [0.25, 0.3) is 0 Å². The number of ketones is 1. The predicted octanol–water partition coefficient (Wildman–Crippen LogP) is 4.27. The highest BCUT2D eigenvalue weighted by atomic mass is 16.5. The van der Waals surface area contributed by atoms with Gasteiger partial charge in [-0.2, -0.15) is 10.5 Å². The molecule has 1 aromatic carbocycles. The number of benzene rings is 1. The normalized spacial score (nSPS) is 19.8. The molecule has 120 valence electrons. The van der Waals surface area contributed by atoms with Crippen LogP contribution in [0.3, 0.4) is 0 Å². The zero-order chi connectivity index (χ0) is 16.9. The molecule has 4 nitrogen and oxygen atoms in total. The maximum atomic E-state index is 13.3. The standard InChI is InChI=1S/C19H22N2O2/c1-3-14(2)18-19(10-6-12-20,11-7-13-21)17(22)15-8-4-5-9-16(15)23-18/h4-5,8-9,14,18H,3,6-7,10-11H2,1-2H3. The number of nitriles is 2. The third-order valence-electron chi connectivity index (χ3n) is 4.91. The van der Waals surface area contributed by atoms with E-state index in [0.717, 1.165) is 6.42 Å². The van der Waals surface area contributed by atoms with Crippen LogP contribution in [0.15, 0.2) is 24.3 Å². The molecule has 2 atom stereocenters. The van der Waals surface area contributed by atoms with Gasteiger partial charge in [-0.15, -0.1) is 0 Å². The molecule has 1 aromatic rings. The molecule has 2 unspecified atom stereocenters. The molecule has 0 aliphatic carbocycles. The number of fused-ring (bicyclic) bond motifs is 1. The monoisotopic (exact) mass is 310 g/mol. The van der Waals surface area contributed by atoms with Crippen molar-refractivity contribution in [1.29, 1.82) is 10.5 Å². The molecule has 23 heavy (non-hydrogen) atoms. The lowest BCUT2D eigenvalue weighted by Gasteiger charge is -2.45. The second-order valence-electron chi connectivity index (χ2n) is 6.22. The van der Waals surface area contributed by atoms with Gasteiger partial charge in [0.1, 0.15) is 11.9 Å². The van der Waals surface area contributed by atoms with Crippen LogP contribution in [0.25, 0.3) is 0 Å². The van der Waals surface area contributed by atoms with Crippen molar-refractivity contribution in [3.8, 4) is 17.9 Å². The van der Waals surface area contributed by atoms with E-state index in [1.165, 1.54) is 0 Å². The fraction of sp³-hybridized carbons (Fsp3) is 0.526. The number of Topliss-reactive ketones (excluding diaryl/α,β-unsaturated/α-hetero) is 1. The van der Waals surface area contributed by atoms with Gasteiger partial charge in [-0.25, -0.2) is 0 Å². The molecular weight excluding hydrogens is 288 g/mol. The molecule has 0 aromatic heterocycles. The zero-order valence-corrected chi connectivity index (χ0v) is 13.7. The largest absolute Gasteiger partial charge is 0.488 e. The quantitative estimate of drug-likeness (QED) is 0.786. The van der Waals surface area contributed by atoms with Crippen molar-refractivity contribution in [2.45, 2.75) is 52.1 Å². The van der Waals surface area contributed by atoms with Gasteiger partial charge in [-0.3, -0.25) is 4.79 Å². The fourth-order valence-corrected chi connectivity index (χ4v) is 3.47. The molecule has 0 radical (unpaired) electrons. The van der Waals surface area contributed by atoms with Crippen LogP contribution in [0, 0.1) is 34.0 Å². The summed E-state index contributed by atoms with van der Waals surface area (Å²) in [5.41, 5.74) is -0.210. The fourth-order valence-electron chi connectivity index (χ4n) is 3.47. The van der Waals surface area contributed by atoms with E-state index >= 15 is 0 Å². The van der Waals surface area contributed by atoms with E-state index in [-0.39, 0.29) is 30.6 Å². The number of carbonyl (C=O) groups excluding carboxylic acids is 1. The van der Waals surface area contributed by atoms with Crippen LogP contribution in [0.1, 0.15) is 56.3 Å². The van der Waals surface area contributed by atoms with Crippen molar-refractivity contribution in [3.63, 3.8) is 0 Å².